The van der Waals surface area contributed by atoms with Gasteiger partial charge in [0.05, 0.1) is 18.0 Å². The molecule has 0 spiro atoms. The normalized spacial score (nSPS) is 30.0. The molecule has 1 saturated heterocycles. The molecule has 0 saturated carbocycles. The van der Waals surface area contributed by atoms with E-state index in [2.05, 4.69) is 4.98 Å². The highest BCUT2D eigenvalue weighted by Gasteiger charge is 2.45. The van der Waals surface area contributed by atoms with Gasteiger partial charge in [0.15, 0.2) is 6.23 Å². The number of ether oxygens (including phenoxy) is 1. The third-order valence-electron chi connectivity index (χ3n) is 4.35. The number of aromatic nitrogens is 2. The van der Waals surface area contributed by atoms with Gasteiger partial charge in [0.25, 0.3) is 0 Å². The highest BCUT2D eigenvalue weighted by atomic mass is 16.6. The van der Waals surface area contributed by atoms with E-state index in [0.29, 0.717) is 11.1 Å². The largest absolute Gasteiger partial charge is 0.395 e. The van der Waals surface area contributed by atoms with Gasteiger partial charge in [-0.3, -0.25) is 9.78 Å². The predicted molar refractivity (Wildman–Crippen MR) is 79.2 cm³/mol. The number of carbonyl (C=O) groups excluding carboxylic acids is 1. The fraction of sp³-hybridized carbons (Fsp3) is 0.333. The van der Waals surface area contributed by atoms with Gasteiger partial charge in [0.1, 0.15) is 24.0 Å². The van der Waals surface area contributed by atoms with Gasteiger partial charge in [-0.25, -0.2) is 0 Å². The number of carbonyl (C=O) groups is 1. The number of hydrogen-bond donors (Lipinski definition) is 4. The van der Waals surface area contributed by atoms with Crippen LogP contribution < -0.4 is 5.73 Å². The molecule has 4 atom stereocenters. The number of aliphatic hydroxyl groups is 3. The van der Waals surface area contributed by atoms with E-state index < -0.39 is 36.9 Å². The Labute approximate surface area is 130 Å². The van der Waals surface area contributed by atoms with Crippen LogP contribution in [-0.2, 0) is 4.74 Å². The van der Waals surface area contributed by atoms with Crippen molar-refractivity contribution in [1.29, 1.82) is 0 Å². The number of hydrogen-bond acceptors (Lipinski definition) is 7. The number of ketones is 1. The minimum Gasteiger partial charge on any atom is -0.395 e. The lowest BCUT2D eigenvalue weighted by molar-refractivity contribution is -0.0530. The Morgan fingerprint density at radius 1 is 1.35 bits per heavy atom. The number of Topliss-reactive ketones (excluding diaryl/α,β-unsaturated/α-hetero) is 1. The molecule has 1 fully saturated rings. The smallest absolute Gasteiger partial charge is 0.225 e. The van der Waals surface area contributed by atoms with Crippen LogP contribution in [0.15, 0.2) is 24.2 Å². The summed E-state index contributed by atoms with van der Waals surface area (Å²) in [5.41, 5.74) is 6.65. The highest BCUT2D eigenvalue weighted by molar-refractivity contribution is 6.21. The first-order valence-corrected chi connectivity index (χ1v) is 7.16. The van der Waals surface area contributed by atoms with Crippen LogP contribution in [0.1, 0.15) is 22.4 Å². The molecule has 8 heteroatoms. The molecule has 2 aromatic heterocycles. The van der Waals surface area contributed by atoms with Crippen molar-refractivity contribution in [3.63, 3.8) is 0 Å². The first-order valence-electron chi connectivity index (χ1n) is 7.16. The average molecular weight is 317 g/mol. The van der Waals surface area contributed by atoms with Gasteiger partial charge in [-0.1, -0.05) is 0 Å². The first-order chi connectivity index (χ1) is 11.0. The number of aliphatic hydroxyl groups excluding tert-OH is 3. The van der Waals surface area contributed by atoms with Crippen molar-refractivity contribution in [2.24, 2.45) is 5.73 Å². The molecule has 3 heterocycles. The van der Waals surface area contributed by atoms with Crippen LogP contribution in [0.5, 0.6) is 0 Å². The second-order valence-corrected chi connectivity index (χ2v) is 5.70. The molecule has 2 aliphatic rings. The molecule has 2 aromatic rings. The van der Waals surface area contributed by atoms with Crippen molar-refractivity contribution in [2.45, 2.75) is 24.5 Å². The molecule has 0 unspecified atom stereocenters. The predicted octanol–water partition coefficient (Wildman–Crippen LogP) is -0.856. The summed E-state index contributed by atoms with van der Waals surface area (Å²) in [5.74, 6) is -0.391. The van der Waals surface area contributed by atoms with Gasteiger partial charge in [0, 0.05) is 23.2 Å². The third kappa shape index (κ3) is 1.86. The summed E-state index contributed by atoms with van der Waals surface area (Å²) < 4.78 is 6.98. The van der Waals surface area contributed by atoms with Crippen molar-refractivity contribution in [3.05, 3.63) is 35.5 Å². The Morgan fingerprint density at radius 3 is 2.83 bits per heavy atom. The molecule has 5 N–H and O–H groups in total. The maximum absolute atomic E-state index is 12.5. The van der Waals surface area contributed by atoms with Gasteiger partial charge < -0.3 is 30.4 Å². The molecule has 23 heavy (non-hydrogen) atoms. The molecule has 120 valence electrons. The average Bonchev–Trinajstić information content (AvgIpc) is 3.05. The van der Waals surface area contributed by atoms with Crippen LogP contribution in [0.3, 0.4) is 0 Å². The van der Waals surface area contributed by atoms with Crippen LogP contribution in [0.2, 0.25) is 0 Å². The van der Waals surface area contributed by atoms with Crippen LogP contribution in [-0.4, -0.2) is 55.6 Å². The second-order valence-electron chi connectivity index (χ2n) is 5.70. The minimum atomic E-state index is -1.28. The quantitative estimate of drug-likeness (QED) is 0.567. The monoisotopic (exact) mass is 317 g/mol. The van der Waals surface area contributed by atoms with Gasteiger partial charge >= 0.3 is 0 Å². The summed E-state index contributed by atoms with van der Waals surface area (Å²) in [4.78, 5) is 16.7. The van der Waals surface area contributed by atoms with Crippen LogP contribution in [0.25, 0.3) is 16.8 Å². The zero-order valence-electron chi connectivity index (χ0n) is 12.0. The summed E-state index contributed by atoms with van der Waals surface area (Å²) in [6.07, 6.45) is 0.334. The minimum absolute atomic E-state index is 0.0455. The topological polar surface area (TPSA) is 131 Å². The van der Waals surface area contributed by atoms with Crippen molar-refractivity contribution in [1.82, 2.24) is 9.55 Å². The van der Waals surface area contributed by atoms with Crippen LogP contribution >= 0.6 is 0 Å². The Balaban J connectivity index is 1.91. The van der Waals surface area contributed by atoms with E-state index >= 15 is 0 Å². The van der Waals surface area contributed by atoms with Crippen LogP contribution in [0.4, 0.5) is 0 Å². The zero-order chi connectivity index (χ0) is 16.3. The molecule has 8 nitrogen and oxygen atoms in total. The van der Waals surface area contributed by atoms with Gasteiger partial charge in [-0.15, -0.1) is 0 Å². The zero-order valence-corrected chi connectivity index (χ0v) is 12.0. The van der Waals surface area contributed by atoms with Gasteiger partial charge in [0.2, 0.25) is 5.78 Å². The van der Waals surface area contributed by atoms with E-state index in [0.717, 1.165) is 5.39 Å². The molecule has 0 amide bonds. The van der Waals surface area contributed by atoms with Crippen molar-refractivity contribution in [2.75, 3.05) is 6.61 Å². The molecular formula is C15H15N3O5. The van der Waals surface area contributed by atoms with Gasteiger partial charge in [-0.2, -0.15) is 0 Å². The summed E-state index contributed by atoms with van der Waals surface area (Å²) in [6, 6.07) is 1.74. The molecule has 1 aliphatic carbocycles. The lowest BCUT2D eigenvalue weighted by Crippen LogP contribution is -2.33. The van der Waals surface area contributed by atoms with E-state index in [9.17, 15) is 20.1 Å². The van der Waals surface area contributed by atoms with E-state index in [-0.39, 0.29) is 11.4 Å². The SMILES string of the molecule is NC1=Cc2nccc3cn([C@@H]4O[C@H](CO)[C@@H](O)[C@H]4O)c(c23)C1=O. The molecule has 0 bridgehead atoms. The summed E-state index contributed by atoms with van der Waals surface area (Å²) in [5, 5.41) is 30.8. The van der Waals surface area contributed by atoms with E-state index in [4.69, 9.17) is 10.5 Å². The second kappa shape index (κ2) is 4.87. The lowest BCUT2D eigenvalue weighted by Gasteiger charge is -2.20. The maximum atomic E-state index is 12.5. The Hall–Kier alpha value is -2.26. The van der Waals surface area contributed by atoms with E-state index in [1.165, 1.54) is 10.6 Å². The lowest BCUT2D eigenvalue weighted by atomic mass is 10.0. The Kier molecular flexibility index (Phi) is 3.03. The maximum Gasteiger partial charge on any atom is 0.225 e. The summed E-state index contributed by atoms with van der Waals surface area (Å²) in [7, 11) is 0. The van der Waals surface area contributed by atoms with Gasteiger partial charge in [-0.05, 0) is 12.1 Å². The summed E-state index contributed by atoms with van der Waals surface area (Å²) in [6.45, 7) is -0.437. The number of nitrogens with zero attached hydrogens (tertiary/aromatic N) is 2. The number of rotatable bonds is 2. The fourth-order valence-corrected chi connectivity index (χ4v) is 3.20. The van der Waals surface area contributed by atoms with E-state index in [1.54, 1.807) is 18.5 Å². The number of allylic oxidation sites excluding steroid dienone is 1. The number of nitrogens with two attached hydrogens (primary N) is 1. The molecule has 4 rings (SSSR count). The van der Waals surface area contributed by atoms with Crippen LogP contribution in [0, 0.1) is 0 Å². The number of pyridine rings is 1. The molecule has 0 radical (unpaired) electrons. The third-order valence-corrected chi connectivity index (χ3v) is 4.35. The van der Waals surface area contributed by atoms with Crippen molar-refractivity contribution < 1.29 is 24.9 Å². The molecular weight excluding hydrogens is 302 g/mol. The van der Waals surface area contributed by atoms with E-state index in [1.807, 2.05) is 0 Å². The van der Waals surface area contributed by atoms with Crippen molar-refractivity contribution >= 4 is 22.6 Å². The first kappa shape index (κ1) is 14.3. The van der Waals surface area contributed by atoms with Crippen molar-refractivity contribution in [3.8, 4) is 0 Å². The molecule has 0 aromatic carbocycles. The Bertz CT molecular complexity index is 843. The standard InChI is InChI=1S/C15H15N3O5/c16-7-3-8-10-6(1-2-17-8)4-18(11(10)12(7)20)15-14(22)13(21)9(5-19)23-15/h1-4,9,13-15,19,21-22H,5,16H2/t9-,13-,14-,15-/m1/s1. The highest BCUT2D eigenvalue weighted by Crippen LogP contribution is 2.37. The molecule has 1 aliphatic heterocycles. The fourth-order valence-electron chi connectivity index (χ4n) is 3.20. The Morgan fingerprint density at radius 2 is 2.13 bits per heavy atom. The summed E-state index contributed by atoms with van der Waals surface area (Å²) >= 11 is 0.